The fourth-order valence-corrected chi connectivity index (χ4v) is 13.5. The van der Waals surface area contributed by atoms with Gasteiger partial charge in [0.15, 0.2) is 0 Å². The fourth-order valence-electron chi connectivity index (χ4n) is 3.08. The Kier molecular flexibility index (Phi) is 6.38. The Bertz CT molecular complexity index is 198. The summed E-state index contributed by atoms with van der Waals surface area (Å²) in [5, 5.41) is 1.38. The standard InChI is InChI=1S/C7H16N.2C4H9.Ga/c1-6(2)8(5)7(3)4;2*1-4(2)3;/h6-7H,5H2,1-4H3;2*1-3H3;. The van der Waals surface area contributed by atoms with E-state index in [1.54, 1.807) is 0 Å². The molecule has 1 nitrogen and oxygen atoms in total. The van der Waals surface area contributed by atoms with Gasteiger partial charge in [-0.3, -0.25) is 0 Å². The third kappa shape index (κ3) is 5.84. The van der Waals surface area contributed by atoms with Crippen molar-refractivity contribution in [1.82, 2.24) is 4.90 Å². The Labute approximate surface area is 115 Å². The summed E-state index contributed by atoms with van der Waals surface area (Å²) in [4.78, 5) is 2.71. The topological polar surface area (TPSA) is 3.24 Å². The van der Waals surface area contributed by atoms with E-state index in [1.807, 2.05) is 0 Å². The van der Waals surface area contributed by atoms with E-state index >= 15 is 0 Å². The summed E-state index contributed by atoms with van der Waals surface area (Å²) in [6.07, 6.45) is 0. The molecule has 0 saturated heterocycles. The van der Waals surface area contributed by atoms with Crippen LogP contribution in [0.1, 0.15) is 69.2 Å². The Balaban J connectivity index is 4.99. The first-order chi connectivity index (χ1) is 7.37. The second kappa shape index (κ2) is 6.16. The molecule has 0 saturated carbocycles. The first-order valence-corrected chi connectivity index (χ1v) is 11.3. The van der Waals surface area contributed by atoms with Gasteiger partial charge in [-0.05, 0) is 0 Å². The second-order valence-electron chi connectivity index (χ2n) is 8.17. The Morgan fingerprint density at radius 3 is 1.24 bits per heavy atom. The van der Waals surface area contributed by atoms with E-state index < -0.39 is 16.2 Å². The van der Waals surface area contributed by atoms with Crippen molar-refractivity contribution < 1.29 is 0 Å². The van der Waals surface area contributed by atoms with Gasteiger partial charge in [-0.2, -0.15) is 0 Å². The van der Waals surface area contributed by atoms with Gasteiger partial charge in [-0.25, -0.2) is 0 Å². The van der Waals surface area contributed by atoms with Crippen LogP contribution in [-0.4, -0.2) is 38.3 Å². The van der Waals surface area contributed by atoms with Gasteiger partial charge in [0, 0.05) is 0 Å². The zero-order valence-corrected chi connectivity index (χ0v) is 16.3. The van der Waals surface area contributed by atoms with Crippen molar-refractivity contribution in [3.63, 3.8) is 0 Å². The molecule has 0 bridgehead atoms. The van der Waals surface area contributed by atoms with Crippen LogP contribution in [0.5, 0.6) is 0 Å². The molecule has 2 heteroatoms. The van der Waals surface area contributed by atoms with Gasteiger partial charge in [0.05, 0.1) is 0 Å². The summed E-state index contributed by atoms with van der Waals surface area (Å²) in [5.41, 5.74) is 0. The van der Waals surface area contributed by atoms with Gasteiger partial charge in [0.2, 0.25) is 0 Å². The summed E-state index contributed by atoms with van der Waals surface area (Å²) in [6.45, 7) is 24.1. The van der Waals surface area contributed by atoms with Crippen molar-refractivity contribution in [2.75, 3.05) is 5.10 Å². The van der Waals surface area contributed by atoms with Crippen LogP contribution in [0.15, 0.2) is 0 Å². The first kappa shape index (κ1) is 17.6. The third-order valence-electron chi connectivity index (χ3n) is 3.81. The van der Waals surface area contributed by atoms with Crippen molar-refractivity contribution in [2.45, 2.75) is 89.3 Å². The SMILES string of the molecule is CC(C)N([CH2][Ga]([C](C)(C)C)[C](C)(C)C)C(C)C. The van der Waals surface area contributed by atoms with Crippen LogP contribution < -0.4 is 0 Å². The molecule has 0 aromatic heterocycles. The van der Waals surface area contributed by atoms with Crippen molar-refractivity contribution >= 4 is 16.2 Å². The molecule has 0 spiro atoms. The summed E-state index contributed by atoms with van der Waals surface area (Å²) in [5.74, 6) is 0. The monoisotopic (exact) mass is 297 g/mol. The van der Waals surface area contributed by atoms with Crippen molar-refractivity contribution in [3.05, 3.63) is 0 Å². The maximum absolute atomic E-state index is 2.71. The Morgan fingerprint density at radius 2 is 1.06 bits per heavy atom. The average molecular weight is 298 g/mol. The van der Waals surface area contributed by atoms with Crippen LogP contribution in [0.4, 0.5) is 0 Å². The van der Waals surface area contributed by atoms with Crippen LogP contribution in [-0.2, 0) is 0 Å². The van der Waals surface area contributed by atoms with E-state index in [-0.39, 0.29) is 0 Å². The van der Waals surface area contributed by atoms with Gasteiger partial charge < -0.3 is 0 Å². The van der Waals surface area contributed by atoms with Crippen molar-refractivity contribution in [1.29, 1.82) is 0 Å². The zero-order chi connectivity index (χ0) is 14.0. The number of hydrogen-bond acceptors (Lipinski definition) is 1. The van der Waals surface area contributed by atoms with Gasteiger partial charge in [-0.15, -0.1) is 0 Å². The molecule has 0 aliphatic rings. The van der Waals surface area contributed by atoms with Crippen LogP contribution in [0.2, 0.25) is 7.94 Å². The molecule has 0 aromatic carbocycles. The predicted molar refractivity (Wildman–Crippen MR) is 82.2 cm³/mol. The molecular formula is C15H34GaN. The van der Waals surface area contributed by atoms with Crippen molar-refractivity contribution in [3.8, 4) is 0 Å². The van der Waals surface area contributed by atoms with Gasteiger partial charge in [0.1, 0.15) is 0 Å². The van der Waals surface area contributed by atoms with E-state index in [4.69, 9.17) is 0 Å². The van der Waals surface area contributed by atoms with Crippen LogP contribution in [0.25, 0.3) is 0 Å². The van der Waals surface area contributed by atoms with Crippen LogP contribution in [0, 0.1) is 0 Å². The fraction of sp³-hybridized carbons (Fsp3) is 1.00. The molecule has 0 amide bonds. The average Bonchev–Trinajstić information content (AvgIpc) is 1.96. The molecule has 0 aliphatic carbocycles. The van der Waals surface area contributed by atoms with Crippen LogP contribution in [0.3, 0.4) is 0 Å². The molecule has 0 atom stereocenters. The molecule has 0 unspecified atom stereocenters. The summed E-state index contributed by atoms with van der Waals surface area (Å²) in [6, 6.07) is 1.35. The van der Waals surface area contributed by atoms with Crippen LogP contribution >= 0.6 is 0 Å². The molecule has 0 aromatic rings. The molecule has 0 aliphatic heterocycles. The van der Waals surface area contributed by atoms with Crippen molar-refractivity contribution in [2.24, 2.45) is 0 Å². The second-order valence-corrected chi connectivity index (χ2v) is 18.5. The first-order valence-electron chi connectivity index (χ1n) is 7.13. The van der Waals surface area contributed by atoms with E-state index in [9.17, 15) is 0 Å². The molecule has 0 rings (SSSR count). The summed E-state index contributed by atoms with van der Waals surface area (Å²) < 4.78 is 1.10. The van der Waals surface area contributed by atoms with Gasteiger partial charge >= 0.3 is 115 Å². The number of hydrogen-bond donors (Lipinski definition) is 0. The Hall–Kier alpha value is 0.596. The van der Waals surface area contributed by atoms with E-state index in [1.165, 1.54) is 5.10 Å². The molecule has 0 fully saturated rings. The molecule has 102 valence electrons. The molecule has 0 N–H and O–H groups in total. The molecule has 17 heavy (non-hydrogen) atoms. The van der Waals surface area contributed by atoms with E-state index in [0.717, 1.165) is 0 Å². The maximum atomic E-state index is 2.71. The van der Waals surface area contributed by atoms with Gasteiger partial charge in [-0.1, -0.05) is 0 Å². The minimum atomic E-state index is -1.40. The van der Waals surface area contributed by atoms with E-state index in [0.29, 0.717) is 20.0 Å². The zero-order valence-electron chi connectivity index (χ0n) is 13.9. The molecular weight excluding hydrogens is 264 g/mol. The summed E-state index contributed by atoms with van der Waals surface area (Å²) >= 11 is -1.40. The predicted octanol–water partition coefficient (Wildman–Crippen LogP) is 4.74. The number of rotatable bonds is 4. The molecule has 0 heterocycles. The summed E-state index contributed by atoms with van der Waals surface area (Å²) in [7, 11) is 0. The van der Waals surface area contributed by atoms with Gasteiger partial charge in [0.25, 0.3) is 0 Å². The quantitative estimate of drug-likeness (QED) is 0.678. The minimum absolute atomic E-state index is 0.549. The third-order valence-corrected chi connectivity index (χ3v) is 14.2. The number of nitrogens with zero attached hydrogens (tertiary/aromatic N) is 1. The molecule has 0 radical (unpaired) electrons. The van der Waals surface area contributed by atoms with E-state index in [2.05, 4.69) is 74.1 Å². The Morgan fingerprint density at radius 1 is 0.765 bits per heavy atom. The normalized spacial score (nSPS) is 13.9.